The Kier molecular flexibility index (Phi) is 3.89. The number of carbonyl (C=O) groups excluding carboxylic acids is 1. The van der Waals surface area contributed by atoms with E-state index in [2.05, 4.69) is 18.8 Å². The van der Waals surface area contributed by atoms with E-state index in [1.54, 1.807) is 10.5 Å². The number of fused-ring (bicyclic) bond motifs is 1. The first-order chi connectivity index (χ1) is 10.5. The Hall–Kier alpha value is -1.91. The number of likely N-dealkylation sites (tertiary alicyclic amines) is 1. The number of halogens is 1. The zero-order chi connectivity index (χ0) is 15.9. The number of aromatic nitrogens is 2. The van der Waals surface area contributed by atoms with Crippen molar-refractivity contribution in [3.05, 3.63) is 35.5 Å². The lowest BCUT2D eigenvalue weighted by Crippen LogP contribution is -2.43. The van der Waals surface area contributed by atoms with Crippen LogP contribution in [0.15, 0.2) is 18.3 Å². The second-order valence-corrected chi connectivity index (χ2v) is 6.49. The van der Waals surface area contributed by atoms with Crippen LogP contribution in [0, 0.1) is 17.7 Å². The minimum atomic E-state index is -0.359. The number of rotatable bonds is 2. The molecule has 4 nitrogen and oxygen atoms in total. The quantitative estimate of drug-likeness (QED) is 0.854. The molecule has 1 amide bonds. The molecule has 22 heavy (non-hydrogen) atoms. The maximum absolute atomic E-state index is 13.6. The fourth-order valence-electron chi connectivity index (χ4n) is 3.52. The molecule has 1 saturated heterocycles. The number of piperidine rings is 1. The number of pyridine rings is 1. The molecule has 0 aliphatic carbocycles. The second-order valence-electron chi connectivity index (χ2n) is 6.49. The average molecular weight is 303 g/mol. The Labute approximate surface area is 129 Å². The average Bonchev–Trinajstić information content (AvgIpc) is 2.83. The van der Waals surface area contributed by atoms with Crippen molar-refractivity contribution in [3.8, 4) is 0 Å². The van der Waals surface area contributed by atoms with Crippen LogP contribution in [-0.4, -0.2) is 33.3 Å². The third-order valence-corrected chi connectivity index (χ3v) is 4.35. The highest BCUT2D eigenvalue weighted by Crippen LogP contribution is 2.24. The van der Waals surface area contributed by atoms with Crippen LogP contribution in [0.4, 0.5) is 4.39 Å². The van der Waals surface area contributed by atoms with Crippen LogP contribution >= 0.6 is 0 Å². The van der Waals surface area contributed by atoms with Crippen LogP contribution < -0.4 is 0 Å². The number of amides is 1. The summed E-state index contributed by atoms with van der Waals surface area (Å²) >= 11 is 0. The molecule has 2 atom stereocenters. The van der Waals surface area contributed by atoms with Crippen LogP contribution in [0.3, 0.4) is 0 Å². The molecule has 3 rings (SSSR count). The van der Waals surface area contributed by atoms with Gasteiger partial charge in [-0.15, -0.1) is 0 Å². The molecule has 118 valence electrons. The molecule has 2 unspecified atom stereocenters. The van der Waals surface area contributed by atoms with Gasteiger partial charge in [-0.2, -0.15) is 0 Å². The summed E-state index contributed by atoms with van der Waals surface area (Å²) in [6.07, 6.45) is 3.15. The van der Waals surface area contributed by atoms with Crippen molar-refractivity contribution in [1.29, 1.82) is 0 Å². The zero-order valence-corrected chi connectivity index (χ0v) is 13.3. The number of carbonyl (C=O) groups is 1. The highest BCUT2D eigenvalue weighted by atomic mass is 19.1. The Balaban J connectivity index is 2.04. The Morgan fingerprint density at radius 1 is 1.32 bits per heavy atom. The molecular weight excluding hydrogens is 281 g/mol. The first-order valence-electron chi connectivity index (χ1n) is 7.95. The number of nitrogens with zero attached hydrogens (tertiary/aromatic N) is 3. The fraction of sp³-hybridized carbons (Fsp3) is 0.529. The second kappa shape index (κ2) is 5.71. The standard InChI is InChI=1S/C17H22FN3O/c1-4-14-16(21-10-13(18)5-6-15(21)19-14)17(22)20-8-11(2)7-12(3)9-20/h5-6,10-12H,4,7-9H2,1-3H3. The molecule has 0 saturated carbocycles. The van der Waals surface area contributed by atoms with Gasteiger partial charge in [0.15, 0.2) is 0 Å². The van der Waals surface area contributed by atoms with Crippen molar-refractivity contribution in [2.24, 2.45) is 11.8 Å². The summed E-state index contributed by atoms with van der Waals surface area (Å²) in [6, 6.07) is 2.99. The van der Waals surface area contributed by atoms with E-state index in [1.165, 1.54) is 12.3 Å². The maximum Gasteiger partial charge on any atom is 0.272 e. The lowest BCUT2D eigenvalue weighted by Gasteiger charge is -2.35. The lowest BCUT2D eigenvalue weighted by atomic mass is 9.91. The van der Waals surface area contributed by atoms with Crippen molar-refractivity contribution in [2.75, 3.05) is 13.1 Å². The molecule has 0 spiro atoms. The zero-order valence-electron chi connectivity index (χ0n) is 13.3. The third kappa shape index (κ3) is 2.60. The van der Waals surface area contributed by atoms with Gasteiger partial charge in [0, 0.05) is 19.3 Å². The monoisotopic (exact) mass is 303 g/mol. The van der Waals surface area contributed by atoms with Gasteiger partial charge in [0.2, 0.25) is 0 Å². The van der Waals surface area contributed by atoms with Gasteiger partial charge >= 0.3 is 0 Å². The predicted octanol–water partition coefficient (Wildman–Crippen LogP) is 3.15. The van der Waals surface area contributed by atoms with Gasteiger partial charge in [-0.3, -0.25) is 9.20 Å². The van der Waals surface area contributed by atoms with Crippen molar-refractivity contribution in [3.63, 3.8) is 0 Å². The van der Waals surface area contributed by atoms with Crippen molar-refractivity contribution < 1.29 is 9.18 Å². The van der Waals surface area contributed by atoms with Crippen molar-refractivity contribution >= 4 is 11.6 Å². The number of imidazole rings is 1. The van der Waals surface area contributed by atoms with E-state index in [-0.39, 0.29) is 11.7 Å². The SMILES string of the molecule is CCc1nc2ccc(F)cn2c1C(=O)N1CC(C)CC(C)C1. The van der Waals surface area contributed by atoms with Gasteiger partial charge in [-0.1, -0.05) is 20.8 Å². The molecule has 0 radical (unpaired) electrons. The molecule has 5 heteroatoms. The summed E-state index contributed by atoms with van der Waals surface area (Å²) in [5.41, 5.74) is 1.87. The molecule has 1 fully saturated rings. The van der Waals surface area contributed by atoms with E-state index in [4.69, 9.17) is 0 Å². The molecule has 0 N–H and O–H groups in total. The molecule has 2 aromatic rings. The van der Waals surface area contributed by atoms with Crippen molar-refractivity contribution in [2.45, 2.75) is 33.6 Å². The Morgan fingerprint density at radius 3 is 2.64 bits per heavy atom. The van der Waals surface area contributed by atoms with E-state index in [0.717, 1.165) is 25.2 Å². The van der Waals surface area contributed by atoms with Gasteiger partial charge < -0.3 is 4.90 Å². The minimum Gasteiger partial charge on any atom is -0.337 e. The summed E-state index contributed by atoms with van der Waals surface area (Å²) in [5.74, 6) is 0.595. The van der Waals surface area contributed by atoms with E-state index in [1.807, 2.05) is 11.8 Å². The Morgan fingerprint density at radius 2 is 2.00 bits per heavy atom. The molecular formula is C17H22FN3O. The molecule has 0 aromatic carbocycles. The van der Waals surface area contributed by atoms with Gasteiger partial charge in [0.05, 0.1) is 5.69 Å². The number of hydrogen-bond donors (Lipinski definition) is 0. The fourth-order valence-corrected chi connectivity index (χ4v) is 3.52. The normalized spacial score (nSPS) is 22.3. The summed E-state index contributed by atoms with van der Waals surface area (Å²) in [4.78, 5) is 19.4. The highest BCUT2D eigenvalue weighted by molar-refractivity contribution is 5.94. The smallest absolute Gasteiger partial charge is 0.272 e. The van der Waals surface area contributed by atoms with Crippen LogP contribution in [0.25, 0.3) is 5.65 Å². The lowest BCUT2D eigenvalue weighted by molar-refractivity contribution is 0.0615. The molecule has 1 aliphatic heterocycles. The first kappa shape index (κ1) is 15.0. The number of aryl methyl sites for hydroxylation is 1. The largest absolute Gasteiger partial charge is 0.337 e. The van der Waals surface area contributed by atoms with E-state index < -0.39 is 0 Å². The third-order valence-electron chi connectivity index (χ3n) is 4.35. The van der Waals surface area contributed by atoms with Gasteiger partial charge in [0.25, 0.3) is 5.91 Å². The van der Waals surface area contributed by atoms with E-state index in [0.29, 0.717) is 29.6 Å². The van der Waals surface area contributed by atoms with Crippen LogP contribution in [0.1, 0.15) is 43.4 Å². The van der Waals surface area contributed by atoms with Gasteiger partial charge in [0.1, 0.15) is 17.2 Å². The van der Waals surface area contributed by atoms with E-state index >= 15 is 0 Å². The summed E-state index contributed by atoms with van der Waals surface area (Å²) in [5, 5.41) is 0. The molecule has 3 heterocycles. The summed E-state index contributed by atoms with van der Waals surface area (Å²) < 4.78 is 15.2. The predicted molar refractivity (Wildman–Crippen MR) is 83.4 cm³/mol. The van der Waals surface area contributed by atoms with Crippen molar-refractivity contribution in [1.82, 2.24) is 14.3 Å². The first-order valence-corrected chi connectivity index (χ1v) is 7.95. The molecule has 0 bridgehead atoms. The minimum absolute atomic E-state index is 0.0339. The highest BCUT2D eigenvalue weighted by Gasteiger charge is 2.29. The van der Waals surface area contributed by atoms with Crippen LogP contribution in [0.5, 0.6) is 0 Å². The molecule has 1 aliphatic rings. The number of hydrogen-bond acceptors (Lipinski definition) is 2. The molecule has 2 aromatic heterocycles. The van der Waals surface area contributed by atoms with E-state index in [9.17, 15) is 9.18 Å². The van der Waals surface area contributed by atoms with Crippen LogP contribution in [0.2, 0.25) is 0 Å². The summed E-state index contributed by atoms with van der Waals surface area (Å²) in [7, 11) is 0. The topological polar surface area (TPSA) is 37.6 Å². The maximum atomic E-state index is 13.6. The summed E-state index contributed by atoms with van der Waals surface area (Å²) in [6.45, 7) is 7.83. The van der Waals surface area contributed by atoms with Crippen LogP contribution in [-0.2, 0) is 6.42 Å². The van der Waals surface area contributed by atoms with Gasteiger partial charge in [-0.05, 0) is 36.8 Å². The van der Waals surface area contributed by atoms with Gasteiger partial charge in [-0.25, -0.2) is 9.37 Å². The Bertz CT molecular complexity index is 699.